The maximum atomic E-state index is 11.7. The van der Waals surface area contributed by atoms with Crippen LogP contribution in [0.25, 0.3) is 11.1 Å². The number of rotatable bonds is 6. The molecule has 1 aromatic carbocycles. The SMILES string of the molecule is O=C(CSc1nc2ccccc2o1)N/N=C/c1ccc([N+](=O)[O-])o1. The Morgan fingerprint density at radius 2 is 2.17 bits per heavy atom. The van der Waals surface area contributed by atoms with E-state index < -0.39 is 10.8 Å². The molecule has 122 valence electrons. The number of furan rings is 1. The number of carbonyl (C=O) groups excluding carboxylic acids is 1. The zero-order chi connectivity index (χ0) is 16.9. The van der Waals surface area contributed by atoms with Gasteiger partial charge in [0.25, 0.3) is 11.1 Å². The lowest BCUT2D eigenvalue weighted by molar-refractivity contribution is -0.402. The number of hydrogen-bond acceptors (Lipinski definition) is 8. The molecule has 9 nitrogen and oxygen atoms in total. The van der Waals surface area contributed by atoms with Crippen molar-refractivity contribution < 1.29 is 18.6 Å². The third kappa shape index (κ3) is 3.79. The highest BCUT2D eigenvalue weighted by molar-refractivity contribution is 7.99. The van der Waals surface area contributed by atoms with Gasteiger partial charge in [-0.15, -0.1) is 0 Å². The van der Waals surface area contributed by atoms with Gasteiger partial charge in [-0.3, -0.25) is 14.9 Å². The van der Waals surface area contributed by atoms with E-state index in [1.807, 2.05) is 18.2 Å². The van der Waals surface area contributed by atoms with Crippen LogP contribution in [0.5, 0.6) is 0 Å². The van der Waals surface area contributed by atoms with E-state index in [2.05, 4.69) is 15.5 Å². The van der Waals surface area contributed by atoms with Crippen molar-refractivity contribution in [1.29, 1.82) is 0 Å². The van der Waals surface area contributed by atoms with Crippen molar-refractivity contribution in [2.75, 3.05) is 5.75 Å². The number of aromatic nitrogens is 1. The second kappa shape index (κ2) is 6.96. The van der Waals surface area contributed by atoms with Gasteiger partial charge in [0.2, 0.25) is 0 Å². The van der Waals surface area contributed by atoms with Gasteiger partial charge in [0.05, 0.1) is 18.0 Å². The molecule has 0 atom stereocenters. The molecule has 0 bridgehead atoms. The summed E-state index contributed by atoms with van der Waals surface area (Å²) < 4.78 is 10.3. The number of oxazole rings is 1. The predicted molar refractivity (Wildman–Crippen MR) is 85.8 cm³/mol. The number of hydrazone groups is 1. The minimum atomic E-state index is -0.660. The monoisotopic (exact) mass is 346 g/mol. The van der Waals surface area contributed by atoms with Crippen LogP contribution in [0.15, 0.2) is 55.6 Å². The van der Waals surface area contributed by atoms with Gasteiger partial charge in [-0.1, -0.05) is 23.9 Å². The molecule has 0 fully saturated rings. The van der Waals surface area contributed by atoms with Gasteiger partial charge in [-0.05, 0) is 18.2 Å². The summed E-state index contributed by atoms with van der Waals surface area (Å²) in [5.41, 5.74) is 3.66. The quantitative estimate of drug-likeness (QED) is 0.315. The van der Waals surface area contributed by atoms with E-state index in [0.29, 0.717) is 10.8 Å². The molecule has 2 heterocycles. The van der Waals surface area contributed by atoms with E-state index in [1.165, 1.54) is 18.3 Å². The second-order valence-electron chi connectivity index (χ2n) is 4.46. The van der Waals surface area contributed by atoms with Crippen LogP contribution in [-0.4, -0.2) is 27.8 Å². The number of amides is 1. The average molecular weight is 346 g/mol. The van der Waals surface area contributed by atoms with E-state index in [1.54, 1.807) is 6.07 Å². The van der Waals surface area contributed by atoms with E-state index in [0.717, 1.165) is 17.3 Å². The van der Waals surface area contributed by atoms with Crippen LogP contribution in [0.4, 0.5) is 5.88 Å². The number of nitro groups is 1. The third-order valence-corrected chi connectivity index (χ3v) is 3.60. The van der Waals surface area contributed by atoms with Gasteiger partial charge in [-0.2, -0.15) is 5.10 Å². The largest absolute Gasteiger partial charge is 0.433 e. The van der Waals surface area contributed by atoms with Gasteiger partial charge in [0.1, 0.15) is 10.4 Å². The van der Waals surface area contributed by atoms with Crippen LogP contribution in [-0.2, 0) is 4.79 Å². The molecule has 2 aromatic heterocycles. The number of benzene rings is 1. The molecule has 10 heteroatoms. The molecule has 0 radical (unpaired) electrons. The Labute approximate surface area is 138 Å². The van der Waals surface area contributed by atoms with Crippen molar-refractivity contribution in [3.63, 3.8) is 0 Å². The van der Waals surface area contributed by atoms with Crippen molar-refractivity contribution in [2.45, 2.75) is 5.22 Å². The first kappa shape index (κ1) is 15.7. The summed E-state index contributed by atoms with van der Waals surface area (Å²) in [7, 11) is 0. The van der Waals surface area contributed by atoms with Gasteiger partial charge < -0.3 is 8.83 Å². The van der Waals surface area contributed by atoms with Crippen molar-refractivity contribution in [1.82, 2.24) is 10.4 Å². The molecule has 0 saturated carbocycles. The van der Waals surface area contributed by atoms with Crippen molar-refractivity contribution in [3.05, 3.63) is 52.3 Å². The molecule has 0 spiro atoms. The number of nitrogens with zero attached hydrogens (tertiary/aromatic N) is 3. The van der Waals surface area contributed by atoms with Gasteiger partial charge in [0.15, 0.2) is 11.3 Å². The number of para-hydroxylation sites is 2. The minimum absolute atomic E-state index is 0.0580. The number of carbonyl (C=O) groups is 1. The Bertz CT molecular complexity index is 884. The summed E-state index contributed by atoms with van der Waals surface area (Å²) in [6.45, 7) is 0. The van der Waals surface area contributed by atoms with Crippen LogP contribution in [0.2, 0.25) is 0 Å². The first-order chi connectivity index (χ1) is 11.6. The van der Waals surface area contributed by atoms with Crippen molar-refractivity contribution in [3.8, 4) is 0 Å². The van der Waals surface area contributed by atoms with Crippen LogP contribution in [0.3, 0.4) is 0 Å². The van der Waals surface area contributed by atoms with E-state index in [4.69, 9.17) is 8.83 Å². The standard InChI is InChI=1S/C14H10N4O5S/c19-12(17-15-7-9-5-6-13(22-9)18(20)21)8-24-14-16-10-3-1-2-4-11(10)23-14/h1-7H,8H2,(H,17,19)/b15-7+. The normalized spacial score (nSPS) is 11.2. The minimum Gasteiger partial charge on any atom is -0.431 e. The smallest absolute Gasteiger partial charge is 0.431 e. The zero-order valence-corrected chi connectivity index (χ0v) is 12.9. The third-order valence-electron chi connectivity index (χ3n) is 2.77. The van der Waals surface area contributed by atoms with Crippen LogP contribution in [0.1, 0.15) is 5.76 Å². The Kier molecular flexibility index (Phi) is 4.57. The van der Waals surface area contributed by atoms with Crippen molar-refractivity contribution in [2.24, 2.45) is 5.10 Å². The molecule has 1 N–H and O–H groups in total. The predicted octanol–water partition coefficient (Wildman–Crippen LogP) is 2.57. The maximum Gasteiger partial charge on any atom is 0.433 e. The molecular formula is C14H10N4O5S. The maximum absolute atomic E-state index is 11.7. The number of thioether (sulfide) groups is 1. The molecule has 0 saturated heterocycles. The summed E-state index contributed by atoms with van der Waals surface area (Å²) in [5, 5.41) is 14.5. The summed E-state index contributed by atoms with van der Waals surface area (Å²) >= 11 is 1.13. The first-order valence-electron chi connectivity index (χ1n) is 6.66. The number of nitrogens with one attached hydrogen (secondary N) is 1. The highest BCUT2D eigenvalue weighted by Gasteiger charge is 2.11. The Balaban J connectivity index is 1.50. The fourth-order valence-corrected chi connectivity index (χ4v) is 2.38. The summed E-state index contributed by atoms with van der Waals surface area (Å²) in [6.07, 6.45) is 1.18. The van der Waals surface area contributed by atoms with Gasteiger partial charge in [-0.25, -0.2) is 10.4 Å². The zero-order valence-electron chi connectivity index (χ0n) is 12.0. The van der Waals surface area contributed by atoms with E-state index in [9.17, 15) is 14.9 Å². The molecule has 3 rings (SSSR count). The highest BCUT2D eigenvalue weighted by Crippen LogP contribution is 2.22. The fourth-order valence-electron chi connectivity index (χ4n) is 1.75. The summed E-state index contributed by atoms with van der Waals surface area (Å²) in [6, 6.07) is 9.87. The first-order valence-corrected chi connectivity index (χ1v) is 7.65. The Morgan fingerprint density at radius 3 is 2.92 bits per heavy atom. The van der Waals surface area contributed by atoms with Crippen LogP contribution >= 0.6 is 11.8 Å². The molecule has 3 aromatic rings. The Hall–Kier alpha value is -3.14. The lowest BCUT2D eigenvalue weighted by Gasteiger charge is -1.96. The molecule has 24 heavy (non-hydrogen) atoms. The molecular weight excluding hydrogens is 336 g/mol. The lowest BCUT2D eigenvalue weighted by Crippen LogP contribution is -2.19. The molecule has 0 aliphatic heterocycles. The molecule has 0 aliphatic rings. The fraction of sp³-hybridized carbons (Fsp3) is 0.0714. The second-order valence-corrected chi connectivity index (χ2v) is 5.39. The van der Waals surface area contributed by atoms with E-state index >= 15 is 0 Å². The summed E-state index contributed by atoms with van der Waals surface area (Å²) in [4.78, 5) is 25.7. The molecule has 0 aliphatic carbocycles. The molecule has 0 unspecified atom stereocenters. The van der Waals surface area contributed by atoms with E-state index in [-0.39, 0.29) is 17.4 Å². The van der Waals surface area contributed by atoms with Crippen LogP contribution in [0, 0.1) is 10.1 Å². The average Bonchev–Trinajstić information content (AvgIpc) is 3.19. The highest BCUT2D eigenvalue weighted by atomic mass is 32.2. The Morgan fingerprint density at radius 1 is 1.33 bits per heavy atom. The van der Waals surface area contributed by atoms with Gasteiger partial charge >= 0.3 is 5.88 Å². The topological polar surface area (TPSA) is 124 Å². The van der Waals surface area contributed by atoms with Crippen molar-refractivity contribution >= 4 is 40.9 Å². The molecule has 1 amide bonds. The lowest BCUT2D eigenvalue weighted by atomic mass is 10.3. The number of hydrogen-bond donors (Lipinski definition) is 1. The number of fused-ring (bicyclic) bond motifs is 1. The van der Waals surface area contributed by atoms with Crippen LogP contribution < -0.4 is 5.43 Å². The summed E-state index contributed by atoms with van der Waals surface area (Å²) in [5.74, 6) is -0.551. The van der Waals surface area contributed by atoms with Gasteiger partial charge in [0, 0.05) is 0 Å².